The van der Waals surface area contributed by atoms with Gasteiger partial charge in [0.05, 0.1) is 12.8 Å². The second-order valence-electron chi connectivity index (χ2n) is 5.58. The highest BCUT2D eigenvalue weighted by atomic mass is 16.3. The van der Waals surface area contributed by atoms with Crippen LogP contribution in [-0.2, 0) is 0 Å². The summed E-state index contributed by atoms with van der Waals surface area (Å²) in [5.41, 5.74) is 0. The molecule has 1 aliphatic rings. The Balaban J connectivity index is 1.88. The van der Waals surface area contributed by atoms with Gasteiger partial charge in [-0.15, -0.1) is 0 Å². The van der Waals surface area contributed by atoms with Crippen molar-refractivity contribution in [3.05, 3.63) is 12.4 Å². The van der Waals surface area contributed by atoms with Gasteiger partial charge in [-0.05, 0) is 12.8 Å². The van der Waals surface area contributed by atoms with E-state index in [1.807, 2.05) is 6.20 Å². The molecule has 0 fully saturated rings. The molecular formula is C16H32N2O. The maximum atomic E-state index is 8.97. The number of nitrogens with one attached hydrogen (secondary N) is 1. The van der Waals surface area contributed by atoms with Crippen LogP contribution in [0.1, 0.15) is 71.1 Å². The molecule has 1 unspecified atom stereocenters. The first-order valence-corrected chi connectivity index (χ1v) is 8.17. The fourth-order valence-electron chi connectivity index (χ4n) is 2.69. The lowest BCUT2D eigenvalue weighted by molar-refractivity contribution is 0.194. The highest BCUT2D eigenvalue weighted by molar-refractivity contribution is 4.93. The molecule has 0 aromatic rings. The van der Waals surface area contributed by atoms with E-state index < -0.39 is 0 Å². The first-order valence-electron chi connectivity index (χ1n) is 8.17. The predicted molar refractivity (Wildman–Crippen MR) is 81.7 cm³/mol. The van der Waals surface area contributed by atoms with Gasteiger partial charge in [0, 0.05) is 18.9 Å². The summed E-state index contributed by atoms with van der Waals surface area (Å²) in [6.45, 7) is 3.25. The molecule has 1 heterocycles. The van der Waals surface area contributed by atoms with Gasteiger partial charge in [0.15, 0.2) is 0 Å². The van der Waals surface area contributed by atoms with E-state index >= 15 is 0 Å². The molecule has 0 aromatic carbocycles. The second kappa shape index (κ2) is 11.2. The van der Waals surface area contributed by atoms with E-state index in [9.17, 15) is 0 Å². The molecule has 1 atom stereocenters. The van der Waals surface area contributed by atoms with Gasteiger partial charge < -0.3 is 15.3 Å². The first-order chi connectivity index (χ1) is 9.38. The van der Waals surface area contributed by atoms with Crippen molar-refractivity contribution in [2.75, 3.05) is 13.2 Å². The van der Waals surface area contributed by atoms with Crippen molar-refractivity contribution in [3.63, 3.8) is 0 Å². The molecule has 0 spiro atoms. The number of aliphatic hydroxyl groups excluding tert-OH is 1. The van der Waals surface area contributed by atoms with Gasteiger partial charge in [0.25, 0.3) is 0 Å². The summed E-state index contributed by atoms with van der Waals surface area (Å²) < 4.78 is 0. The first kappa shape index (κ1) is 16.4. The molecule has 1 rings (SSSR count). The van der Waals surface area contributed by atoms with Crippen molar-refractivity contribution in [2.24, 2.45) is 0 Å². The van der Waals surface area contributed by atoms with E-state index in [4.69, 9.17) is 5.11 Å². The summed E-state index contributed by atoms with van der Waals surface area (Å²) in [7, 11) is 0. The van der Waals surface area contributed by atoms with Gasteiger partial charge >= 0.3 is 0 Å². The Labute approximate surface area is 119 Å². The van der Waals surface area contributed by atoms with E-state index in [0.29, 0.717) is 6.17 Å². The third-order valence-corrected chi connectivity index (χ3v) is 3.89. The number of hydrogen-bond donors (Lipinski definition) is 2. The third-order valence-electron chi connectivity index (χ3n) is 3.89. The molecule has 19 heavy (non-hydrogen) atoms. The lowest BCUT2D eigenvalue weighted by Gasteiger charge is -2.24. The van der Waals surface area contributed by atoms with Gasteiger partial charge in [0.2, 0.25) is 0 Å². The van der Waals surface area contributed by atoms with E-state index in [1.165, 1.54) is 64.2 Å². The lowest BCUT2D eigenvalue weighted by atomic mass is 10.1. The summed E-state index contributed by atoms with van der Waals surface area (Å²) in [6, 6.07) is 0. The SMILES string of the molecule is CCCCCCCCCCCC1NC=CN1CCO. The van der Waals surface area contributed by atoms with Crippen LogP contribution >= 0.6 is 0 Å². The highest BCUT2D eigenvalue weighted by Crippen LogP contribution is 2.14. The van der Waals surface area contributed by atoms with Gasteiger partial charge in [-0.1, -0.05) is 58.3 Å². The lowest BCUT2D eigenvalue weighted by Crippen LogP contribution is -2.36. The van der Waals surface area contributed by atoms with Crippen molar-refractivity contribution in [1.82, 2.24) is 10.2 Å². The summed E-state index contributed by atoms with van der Waals surface area (Å²) in [5.74, 6) is 0. The minimum absolute atomic E-state index is 0.236. The molecule has 0 amide bonds. The van der Waals surface area contributed by atoms with Crippen molar-refractivity contribution in [1.29, 1.82) is 0 Å². The minimum Gasteiger partial charge on any atom is -0.395 e. The van der Waals surface area contributed by atoms with Crippen LogP contribution in [0.5, 0.6) is 0 Å². The number of β-amino-alcohol motifs (C(OH)–C–C–N with tert-alkyl or cyclic N) is 1. The Morgan fingerprint density at radius 1 is 1.00 bits per heavy atom. The number of unbranched alkanes of at least 4 members (excludes halogenated alkanes) is 8. The molecule has 0 aromatic heterocycles. The number of hydrogen-bond acceptors (Lipinski definition) is 3. The summed E-state index contributed by atoms with van der Waals surface area (Å²) in [5, 5.41) is 12.3. The zero-order valence-electron chi connectivity index (χ0n) is 12.6. The van der Waals surface area contributed by atoms with E-state index in [0.717, 1.165) is 6.54 Å². The van der Waals surface area contributed by atoms with Crippen LogP contribution in [0.4, 0.5) is 0 Å². The molecule has 2 N–H and O–H groups in total. The fourth-order valence-corrected chi connectivity index (χ4v) is 2.69. The van der Waals surface area contributed by atoms with Crippen LogP contribution in [-0.4, -0.2) is 29.3 Å². The van der Waals surface area contributed by atoms with Gasteiger partial charge in [-0.3, -0.25) is 0 Å². The maximum Gasteiger partial charge on any atom is 0.0982 e. The van der Waals surface area contributed by atoms with Crippen molar-refractivity contribution in [3.8, 4) is 0 Å². The van der Waals surface area contributed by atoms with Gasteiger partial charge in [0.1, 0.15) is 0 Å². The Morgan fingerprint density at radius 2 is 1.63 bits per heavy atom. The average molecular weight is 268 g/mol. The molecule has 1 aliphatic heterocycles. The fraction of sp³-hybridized carbons (Fsp3) is 0.875. The zero-order valence-corrected chi connectivity index (χ0v) is 12.6. The largest absolute Gasteiger partial charge is 0.395 e. The minimum atomic E-state index is 0.236. The van der Waals surface area contributed by atoms with Crippen LogP contribution in [0.15, 0.2) is 12.4 Å². The van der Waals surface area contributed by atoms with Gasteiger partial charge in [-0.2, -0.15) is 0 Å². The Bertz CT molecular complexity index is 231. The molecule has 0 saturated carbocycles. The molecule has 3 nitrogen and oxygen atoms in total. The van der Waals surface area contributed by atoms with Crippen LogP contribution in [0.25, 0.3) is 0 Å². The standard InChI is InChI=1S/C16H32N2O/c1-2-3-4-5-6-7-8-9-10-11-16-17-12-13-18(16)14-15-19/h12-13,16-17,19H,2-11,14-15H2,1H3. The van der Waals surface area contributed by atoms with Crippen molar-refractivity contribution < 1.29 is 5.11 Å². The van der Waals surface area contributed by atoms with Crippen LogP contribution in [0.2, 0.25) is 0 Å². The van der Waals surface area contributed by atoms with Gasteiger partial charge in [-0.25, -0.2) is 0 Å². The van der Waals surface area contributed by atoms with E-state index in [-0.39, 0.29) is 6.61 Å². The average Bonchev–Trinajstić information content (AvgIpc) is 2.85. The number of rotatable bonds is 12. The summed E-state index contributed by atoms with van der Waals surface area (Å²) in [4.78, 5) is 2.20. The Hall–Kier alpha value is -0.700. The maximum absolute atomic E-state index is 8.97. The van der Waals surface area contributed by atoms with E-state index in [1.54, 1.807) is 0 Å². The smallest absolute Gasteiger partial charge is 0.0982 e. The van der Waals surface area contributed by atoms with Crippen LogP contribution in [0.3, 0.4) is 0 Å². The molecule has 0 saturated heterocycles. The third kappa shape index (κ3) is 7.46. The van der Waals surface area contributed by atoms with E-state index in [2.05, 4.69) is 23.3 Å². The number of nitrogens with zero attached hydrogens (tertiary/aromatic N) is 1. The summed E-state index contributed by atoms with van der Waals surface area (Å²) in [6.07, 6.45) is 18.1. The molecule has 112 valence electrons. The topological polar surface area (TPSA) is 35.5 Å². The Kier molecular flexibility index (Phi) is 9.60. The van der Waals surface area contributed by atoms with Crippen molar-refractivity contribution in [2.45, 2.75) is 77.3 Å². The normalized spacial score (nSPS) is 18.0. The molecule has 0 bridgehead atoms. The van der Waals surface area contributed by atoms with Crippen LogP contribution in [0, 0.1) is 0 Å². The molecular weight excluding hydrogens is 236 g/mol. The molecule has 3 heteroatoms. The number of aliphatic hydroxyl groups is 1. The van der Waals surface area contributed by atoms with Crippen LogP contribution < -0.4 is 5.32 Å². The quantitative estimate of drug-likeness (QED) is 0.531. The monoisotopic (exact) mass is 268 g/mol. The second-order valence-corrected chi connectivity index (χ2v) is 5.58. The highest BCUT2D eigenvalue weighted by Gasteiger charge is 2.16. The zero-order chi connectivity index (χ0) is 13.8. The predicted octanol–water partition coefficient (Wildman–Crippen LogP) is 3.60. The Morgan fingerprint density at radius 3 is 2.26 bits per heavy atom. The summed E-state index contributed by atoms with van der Waals surface area (Å²) >= 11 is 0. The molecule has 0 radical (unpaired) electrons. The molecule has 0 aliphatic carbocycles. The van der Waals surface area contributed by atoms with Crippen molar-refractivity contribution >= 4 is 0 Å².